The highest BCUT2D eigenvalue weighted by Gasteiger charge is 2.15. The Morgan fingerprint density at radius 3 is 2.30 bits per heavy atom. The van der Waals surface area contributed by atoms with Crippen molar-refractivity contribution in [3.63, 3.8) is 0 Å². The van der Waals surface area contributed by atoms with E-state index in [1.807, 2.05) is 13.8 Å². The summed E-state index contributed by atoms with van der Waals surface area (Å²) >= 11 is 6.03. The number of hydrogen-bond acceptors (Lipinski definition) is 7. The molecule has 2 N–H and O–H groups in total. The number of carbonyl (C=O) groups excluding carboxylic acids is 3. The SMILES string of the molecule is CCOc1ccc(C(=O)Oc2ccc(/C=N\NC(=O)C(=O)Nc3ccc(C)c(Cl)c3)cc2OCC)cc1. The number of halogens is 1. The van der Waals surface area contributed by atoms with Crippen molar-refractivity contribution in [3.8, 4) is 17.2 Å². The maximum atomic E-state index is 12.6. The first-order valence-electron chi connectivity index (χ1n) is 11.4. The van der Waals surface area contributed by atoms with Crippen molar-refractivity contribution in [2.75, 3.05) is 18.5 Å². The molecule has 0 saturated carbocycles. The number of carbonyl (C=O) groups is 3. The van der Waals surface area contributed by atoms with E-state index in [1.165, 1.54) is 6.21 Å². The minimum absolute atomic E-state index is 0.220. The molecule has 0 bridgehead atoms. The van der Waals surface area contributed by atoms with Gasteiger partial charge in [-0.1, -0.05) is 17.7 Å². The minimum Gasteiger partial charge on any atom is -0.494 e. The van der Waals surface area contributed by atoms with E-state index in [-0.39, 0.29) is 5.75 Å². The van der Waals surface area contributed by atoms with Gasteiger partial charge in [0.25, 0.3) is 0 Å². The van der Waals surface area contributed by atoms with Crippen LogP contribution in [0, 0.1) is 6.92 Å². The van der Waals surface area contributed by atoms with Crippen molar-refractivity contribution in [2.24, 2.45) is 5.10 Å². The zero-order valence-corrected chi connectivity index (χ0v) is 21.3. The predicted molar refractivity (Wildman–Crippen MR) is 141 cm³/mol. The highest BCUT2D eigenvalue weighted by molar-refractivity contribution is 6.39. The maximum absolute atomic E-state index is 12.6. The summed E-state index contributed by atoms with van der Waals surface area (Å²) in [6, 6.07) is 16.3. The molecule has 0 spiro atoms. The first-order valence-corrected chi connectivity index (χ1v) is 11.8. The summed E-state index contributed by atoms with van der Waals surface area (Å²) in [5.74, 6) is -1.23. The third-order valence-corrected chi connectivity index (χ3v) is 5.29. The number of anilines is 1. The Bertz CT molecular complexity index is 1310. The van der Waals surface area contributed by atoms with Gasteiger partial charge in [0.2, 0.25) is 0 Å². The van der Waals surface area contributed by atoms with E-state index < -0.39 is 17.8 Å². The van der Waals surface area contributed by atoms with Gasteiger partial charge in [0.05, 0.1) is 25.0 Å². The van der Waals surface area contributed by atoms with E-state index in [0.717, 1.165) is 5.56 Å². The molecule has 0 aromatic heterocycles. The molecule has 3 aromatic carbocycles. The van der Waals surface area contributed by atoms with Gasteiger partial charge < -0.3 is 19.5 Å². The van der Waals surface area contributed by atoms with Gasteiger partial charge in [-0.3, -0.25) is 9.59 Å². The van der Waals surface area contributed by atoms with Gasteiger partial charge in [0, 0.05) is 10.7 Å². The van der Waals surface area contributed by atoms with Crippen molar-refractivity contribution in [3.05, 3.63) is 82.4 Å². The summed E-state index contributed by atoms with van der Waals surface area (Å²) in [6.07, 6.45) is 1.33. The van der Waals surface area contributed by atoms with Crippen LogP contribution in [0.3, 0.4) is 0 Å². The topological polar surface area (TPSA) is 115 Å². The van der Waals surface area contributed by atoms with Gasteiger partial charge >= 0.3 is 17.8 Å². The molecule has 37 heavy (non-hydrogen) atoms. The number of esters is 1. The fourth-order valence-corrected chi connectivity index (χ4v) is 3.23. The van der Waals surface area contributed by atoms with E-state index in [4.69, 9.17) is 25.8 Å². The van der Waals surface area contributed by atoms with E-state index in [2.05, 4.69) is 15.8 Å². The second-order valence-electron chi connectivity index (χ2n) is 7.60. The Morgan fingerprint density at radius 2 is 1.62 bits per heavy atom. The molecule has 192 valence electrons. The third kappa shape index (κ3) is 7.81. The van der Waals surface area contributed by atoms with Gasteiger partial charge in [-0.15, -0.1) is 0 Å². The van der Waals surface area contributed by atoms with Crippen LogP contribution in [0.1, 0.15) is 35.3 Å². The summed E-state index contributed by atoms with van der Waals surface area (Å²) < 4.78 is 16.5. The van der Waals surface area contributed by atoms with Crippen LogP contribution in [0.5, 0.6) is 17.2 Å². The Labute approximate surface area is 219 Å². The third-order valence-electron chi connectivity index (χ3n) is 4.89. The second kappa shape index (κ2) is 13.1. The average Bonchev–Trinajstić information content (AvgIpc) is 2.88. The highest BCUT2D eigenvalue weighted by atomic mass is 35.5. The van der Waals surface area contributed by atoms with Crippen LogP contribution in [0.4, 0.5) is 5.69 Å². The van der Waals surface area contributed by atoms with Gasteiger partial charge in [-0.2, -0.15) is 5.10 Å². The Kier molecular flexibility index (Phi) is 9.62. The number of amides is 2. The minimum atomic E-state index is -0.959. The Hall–Kier alpha value is -4.37. The lowest BCUT2D eigenvalue weighted by Crippen LogP contribution is -2.32. The predicted octanol–water partition coefficient (Wildman–Crippen LogP) is 4.75. The van der Waals surface area contributed by atoms with Crippen molar-refractivity contribution < 1.29 is 28.6 Å². The first kappa shape index (κ1) is 27.2. The fraction of sp³-hybridized carbons (Fsp3) is 0.185. The highest BCUT2D eigenvalue weighted by Crippen LogP contribution is 2.29. The van der Waals surface area contributed by atoms with Crippen molar-refractivity contribution >= 4 is 41.3 Å². The van der Waals surface area contributed by atoms with Crippen molar-refractivity contribution in [1.29, 1.82) is 0 Å². The number of nitrogens with one attached hydrogen (secondary N) is 2. The Balaban J connectivity index is 1.62. The van der Waals surface area contributed by atoms with Crippen LogP contribution in [0.15, 0.2) is 65.8 Å². The maximum Gasteiger partial charge on any atom is 0.343 e. The number of nitrogens with zero attached hydrogens (tertiary/aromatic N) is 1. The molecule has 0 aliphatic heterocycles. The van der Waals surface area contributed by atoms with Crippen LogP contribution in [-0.4, -0.2) is 37.2 Å². The molecule has 10 heteroatoms. The summed E-state index contributed by atoms with van der Waals surface area (Å²) in [5.41, 5.74) is 4.28. The normalized spacial score (nSPS) is 10.6. The summed E-state index contributed by atoms with van der Waals surface area (Å²) in [5, 5.41) is 6.73. The molecule has 9 nitrogen and oxygen atoms in total. The summed E-state index contributed by atoms with van der Waals surface area (Å²) in [4.78, 5) is 36.7. The zero-order chi connectivity index (χ0) is 26.8. The molecule has 0 atom stereocenters. The lowest BCUT2D eigenvalue weighted by atomic mass is 10.2. The number of benzene rings is 3. The quantitative estimate of drug-likeness (QED) is 0.137. The summed E-state index contributed by atoms with van der Waals surface area (Å²) in [7, 11) is 0. The molecule has 0 heterocycles. The molecule has 0 aliphatic rings. The van der Waals surface area contributed by atoms with Crippen LogP contribution < -0.4 is 25.0 Å². The molecule has 0 saturated heterocycles. The van der Waals surface area contributed by atoms with Crippen LogP contribution in [0.25, 0.3) is 0 Å². The van der Waals surface area contributed by atoms with E-state index in [9.17, 15) is 14.4 Å². The van der Waals surface area contributed by atoms with E-state index in [0.29, 0.717) is 46.5 Å². The first-order chi connectivity index (χ1) is 17.8. The van der Waals surface area contributed by atoms with Crippen LogP contribution in [0.2, 0.25) is 5.02 Å². The van der Waals surface area contributed by atoms with Crippen molar-refractivity contribution in [2.45, 2.75) is 20.8 Å². The molecular weight excluding hydrogens is 498 g/mol. The molecule has 2 amide bonds. The van der Waals surface area contributed by atoms with Gasteiger partial charge in [-0.05, 0) is 86.5 Å². The fourth-order valence-electron chi connectivity index (χ4n) is 3.04. The van der Waals surface area contributed by atoms with Gasteiger partial charge in [-0.25, -0.2) is 10.2 Å². The average molecular weight is 524 g/mol. The smallest absolute Gasteiger partial charge is 0.343 e. The van der Waals surface area contributed by atoms with E-state index >= 15 is 0 Å². The summed E-state index contributed by atoms with van der Waals surface area (Å²) in [6.45, 7) is 6.34. The number of ether oxygens (including phenoxy) is 3. The molecule has 3 rings (SSSR count). The van der Waals surface area contributed by atoms with Gasteiger partial charge in [0.1, 0.15) is 5.75 Å². The second-order valence-corrected chi connectivity index (χ2v) is 8.01. The monoisotopic (exact) mass is 523 g/mol. The molecular formula is C27H26ClN3O6. The zero-order valence-electron chi connectivity index (χ0n) is 20.5. The molecule has 0 radical (unpaired) electrons. The standard InChI is InChI=1S/C27H26ClN3O6/c1-4-35-21-11-8-19(9-12-21)27(34)37-23-13-7-18(14-24(23)36-5-2)16-29-31-26(33)25(32)30-20-10-6-17(3)22(28)15-20/h6-16H,4-5H2,1-3H3,(H,30,32)(H,31,33)/b29-16-. The molecule has 0 aliphatic carbocycles. The molecule has 0 unspecified atom stereocenters. The number of hydrazone groups is 1. The van der Waals surface area contributed by atoms with Crippen LogP contribution >= 0.6 is 11.6 Å². The number of rotatable bonds is 9. The lowest BCUT2D eigenvalue weighted by molar-refractivity contribution is -0.136. The van der Waals surface area contributed by atoms with Crippen molar-refractivity contribution in [1.82, 2.24) is 5.43 Å². The van der Waals surface area contributed by atoms with Crippen LogP contribution in [-0.2, 0) is 9.59 Å². The number of aryl methyl sites for hydroxylation is 1. The number of hydrogen-bond donors (Lipinski definition) is 2. The van der Waals surface area contributed by atoms with E-state index in [1.54, 1.807) is 67.6 Å². The molecule has 0 fully saturated rings. The lowest BCUT2D eigenvalue weighted by Gasteiger charge is -2.11. The Morgan fingerprint density at radius 1 is 0.892 bits per heavy atom. The van der Waals surface area contributed by atoms with Gasteiger partial charge in [0.15, 0.2) is 11.5 Å². The largest absolute Gasteiger partial charge is 0.494 e. The molecule has 3 aromatic rings.